The SMILES string of the molecule is CC1CN(C[C@H](C)N)CCN1C. The summed E-state index contributed by atoms with van der Waals surface area (Å²) >= 11 is 0. The maximum absolute atomic E-state index is 5.75. The van der Waals surface area contributed by atoms with Crippen LogP contribution in [0.25, 0.3) is 0 Å². The molecule has 0 aromatic heterocycles. The summed E-state index contributed by atoms with van der Waals surface area (Å²) in [5.74, 6) is 0. The number of piperazine rings is 1. The molecule has 2 atom stereocenters. The van der Waals surface area contributed by atoms with E-state index in [1.807, 2.05) is 0 Å². The molecule has 0 aromatic carbocycles. The van der Waals surface area contributed by atoms with Crippen molar-refractivity contribution in [2.75, 3.05) is 33.2 Å². The highest BCUT2D eigenvalue weighted by molar-refractivity contribution is 4.78. The first-order valence-electron chi connectivity index (χ1n) is 4.77. The van der Waals surface area contributed by atoms with Crippen LogP contribution in [0, 0.1) is 0 Å². The zero-order chi connectivity index (χ0) is 9.14. The van der Waals surface area contributed by atoms with Crippen LogP contribution in [-0.2, 0) is 0 Å². The van der Waals surface area contributed by atoms with E-state index < -0.39 is 0 Å². The Morgan fingerprint density at radius 1 is 1.50 bits per heavy atom. The van der Waals surface area contributed by atoms with E-state index in [1.165, 1.54) is 13.1 Å². The average molecular weight is 171 g/mol. The molecule has 12 heavy (non-hydrogen) atoms. The Labute approximate surface area is 75.5 Å². The van der Waals surface area contributed by atoms with Crippen molar-refractivity contribution < 1.29 is 0 Å². The summed E-state index contributed by atoms with van der Waals surface area (Å²) in [5.41, 5.74) is 5.75. The van der Waals surface area contributed by atoms with E-state index in [2.05, 4.69) is 30.7 Å². The number of nitrogens with two attached hydrogens (primary N) is 1. The summed E-state index contributed by atoms with van der Waals surface area (Å²) in [6.45, 7) is 8.89. The van der Waals surface area contributed by atoms with Crippen molar-refractivity contribution >= 4 is 0 Å². The van der Waals surface area contributed by atoms with Gasteiger partial charge < -0.3 is 10.6 Å². The van der Waals surface area contributed by atoms with Gasteiger partial charge in [-0.3, -0.25) is 4.90 Å². The largest absolute Gasteiger partial charge is 0.327 e. The maximum atomic E-state index is 5.75. The molecule has 1 unspecified atom stereocenters. The molecular weight excluding hydrogens is 150 g/mol. The second kappa shape index (κ2) is 4.21. The molecular formula is C9H21N3. The lowest BCUT2D eigenvalue weighted by atomic mass is 10.2. The summed E-state index contributed by atoms with van der Waals surface area (Å²) in [6.07, 6.45) is 0. The molecule has 3 heteroatoms. The van der Waals surface area contributed by atoms with Crippen molar-refractivity contribution in [3.63, 3.8) is 0 Å². The summed E-state index contributed by atoms with van der Waals surface area (Å²) in [6, 6.07) is 0.984. The molecule has 0 radical (unpaired) electrons. The van der Waals surface area contributed by atoms with Crippen LogP contribution < -0.4 is 5.73 Å². The van der Waals surface area contributed by atoms with Gasteiger partial charge in [-0.1, -0.05) is 0 Å². The summed E-state index contributed by atoms with van der Waals surface area (Å²) in [7, 11) is 2.19. The highest BCUT2D eigenvalue weighted by Gasteiger charge is 2.20. The van der Waals surface area contributed by atoms with Crippen molar-refractivity contribution in [1.82, 2.24) is 9.80 Å². The smallest absolute Gasteiger partial charge is 0.0192 e. The lowest BCUT2D eigenvalue weighted by molar-refractivity contribution is 0.102. The third kappa shape index (κ3) is 2.73. The van der Waals surface area contributed by atoms with Crippen LogP contribution in [0.1, 0.15) is 13.8 Å². The quantitative estimate of drug-likeness (QED) is 0.633. The number of hydrogen-bond donors (Lipinski definition) is 1. The third-order valence-corrected chi connectivity index (χ3v) is 2.59. The molecule has 72 valence electrons. The van der Waals surface area contributed by atoms with E-state index in [0.29, 0.717) is 12.1 Å². The monoisotopic (exact) mass is 171 g/mol. The van der Waals surface area contributed by atoms with E-state index in [1.54, 1.807) is 0 Å². The lowest BCUT2D eigenvalue weighted by Crippen LogP contribution is -2.52. The molecule has 1 aliphatic rings. The van der Waals surface area contributed by atoms with Gasteiger partial charge in [0.1, 0.15) is 0 Å². The van der Waals surface area contributed by atoms with E-state index in [0.717, 1.165) is 13.1 Å². The van der Waals surface area contributed by atoms with Gasteiger partial charge in [0.25, 0.3) is 0 Å². The van der Waals surface area contributed by atoms with Crippen LogP contribution in [0.15, 0.2) is 0 Å². The zero-order valence-electron chi connectivity index (χ0n) is 8.45. The van der Waals surface area contributed by atoms with Crippen molar-refractivity contribution in [1.29, 1.82) is 0 Å². The Morgan fingerprint density at radius 3 is 2.67 bits per heavy atom. The summed E-state index contributed by atoms with van der Waals surface area (Å²) < 4.78 is 0. The van der Waals surface area contributed by atoms with Crippen molar-refractivity contribution in [3.8, 4) is 0 Å². The third-order valence-electron chi connectivity index (χ3n) is 2.59. The summed E-state index contributed by atoms with van der Waals surface area (Å²) in [5, 5.41) is 0. The van der Waals surface area contributed by atoms with Gasteiger partial charge in [0.2, 0.25) is 0 Å². The van der Waals surface area contributed by atoms with Gasteiger partial charge in [-0.05, 0) is 20.9 Å². The molecule has 0 spiro atoms. The zero-order valence-corrected chi connectivity index (χ0v) is 8.45. The van der Waals surface area contributed by atoms with E-state index >= 15 is 0 Å². The Bertz CT molecular complexity index is 136. The molecule has 1 aliphatic heterocycles. The summed E-state index contributed by atoms with van der Waals surface area (Å²) in [4.78, 5) is 4.85. The van der Waals surface area contributed by atoms with Gasteiger partial charge in [0.15, 0.2) is 0 Å². The van der Waals surface area contributed by atoms with Crippen LogP contribution in [-0.4, -0.2) is 55.1 Å². The predicted octanol–water partition coefficient (Wildman–Crippen LogP) is -0.0305. The molecule has 2 N–H and O–H groups in total. The lowest BCUT2D eigenvalue weighted by Gasteiger charge is -2.38. The molecule has 3 nitrogen and oxygen atoms in total. The van der Waals surface area contributed by atoms with E-state index in [-0.39, 0.29) is 0 Å². The van der Waals surface area contributed by atoms with Gasteiger partial charge in [-0.15, -0.1) is 0 Å². The Kier molecular flexibility index (Phi) is 3.50. The Balaban J connectivity index is 2.30. The number of nitrogens with zero attached hydrogens (tertiary/aromatic N) is 2. The van der Waals surface area contributed by atoms with Crippen LogP contribution in [0.5, 0.6) is 0 Å². The number of rotatable bonds is 2. The van der Waals surface area contributed by atoms with Gasteiger partial charge >= 0.3 is 0 Å². The van der Waals surface area contributed by atoms with E-state index in [9.17, 15) is 0 Å². The highest BCUT2D eigenvalue weighted by atomic mass is 15.3. The van der Waals surface area contributed by atoms with Crippen molar-refractivity contribution in [2.24, 2.45) is 5.73 Å². The molecule has 0 bridgehead atoms. The molecule has 1 fully saturated rings. The minimum absolute atomic E-state index is 0.306. The number of likely N-dealkylation sites (N-methyl/N-ethyl adjacent to an activating group) is 1. The topological polar surface area (TPSA) is 32.5 Å². The predicted molar refractivity (Wildman–Crippen MR) is 52.2 cm³/mol. The second-order valence-electron chi connectivity index (χ2n) is 4.07. The fourth-order valence-electron chi connectivity index (χ4n) is 1.70. The molecule has 0 aromatic rings. The Morgan fingerprint density at radius 2 is 2.17 bits per heavy atom. The van der Waals surface area contributed by atoms with Crippen molar-refractivity contribution in [2.45, 2.75) is 25.9 Å². The Hall–Kier alpha value is -0.120. The van der Waals surface area contributed by atoms with Crippen LogP contribution in [0.3, 0.4) is 0 Å². The average Bonchev–Trinajstić information content (AvgIpc) is 1.96. The van der Waals surface area contributed by atoms with Crippen LogP contribution >= 0.6 is 0 Å². The maximum Gasteiger partial charge on any atom is 0.0192 e. The first-order chi connectivity index (χ1) is 5.59. The van der Waals surface area contributed by atoms with Gasteiger partial charge in [-0.2, -0.15) is 0 Å². The molecule has 0 amide bonds. The van der Waals surface area contributed by atoms with Gasteiger partial charge in [-0.25, -0.2) is 0 Å². The first-order valence-corrected chi connectivity index (χ1v) is 4.77. The minimum Gasteiger partial charge on any atom is -0.327 e. The molecule has 1 saturated heterocycles. The minimum atomic E-state index is 0.306. The molecule has 0 aliphatic carbocycles. The molecule has 1 heterocycles. The highest BCUT2D eigenvalue weighted by Crippen LogP contribution is 2.06. The van der Waals surface area contributed by atoms with Gasteiger partial charge in [0, 0.05) is 38.3 Å². The second-order valence-corrected chi connectivity index (χ2v) is 4.07. The van der Waals surface area contributed by atoms with E-state index in [4.69, 9.17) is 5.73 Å². The van der Waals surface area contributed by atoms with Crippen LogP contribution in [0.4, 0.5) is 0 Å². The van der Waals surface area contributed by atoms with Crippen LogP contribution in [0.2, 0.25) is 0 Å². The standard InChI is InChI=1S/C9H21N3/c1-8(10)6-12-5-4-11(3)9(2)7-12/h8-9H,4-7,10H2,1-3H3/t8-,9?/m0/s1. The molecule has 1 rings (SSSR count). The molecule has 0 saturated carbocycles. The number of hydrogen-bond acceptors (Lipinski definition) is 3. The fourth-order valence-corrected chi connectivity index (χ4v) is 1.70. The first kappa shape index (κ1) is 9.96. The van der Waals surface area contributed by atoms with Gasteiger partial charge in [0.05, 0.1) is 0 Å². The van der Waals surface area contributed by atoms with Crippen molar-refractivity contribution in [3.05, 3.63) is 0 Å². The fraction of sp³-hybridized carbons (Fsp3) is 1.00. The normalized spacial score (nSPS) is 30.5.